The van der Waals surface area contributed by atoms with E-state index < -0.39 is 0 Å². The third-order valence-corrected chi connectivity index (χ3v) is 3.93. The first-order chi connectivity index (χ1) is 8.83. The van der Waals surface area contributed by atoms with Crippen molar-refractivity contribution in [3.8, 4) is 0 Å². The molecule has 0 amide bonds. The molecule has 3 nitrogen and oxygen atoms in total. The van der Waals surface area contributed by atoms with E-state index in [4.69, 9.17) is 4.42 Å². The molecule has 2 aromatic rings. The summed E-state index contributed by atoms with van der Waals surface area (Å²) in [4.78, 5) is 6.89. The summed E-state index contributed by atoms with van der Waals surface area (Å²) >= 11 is 1.70. The van der Waals surface area contributed by atoms with E-state index in [9.17, 15) is 0 Å². The van der Waals surface area contributed by atoms with Crippen LogP contribution in [-0.2, 0) is 0 Å². The highest BCUT2D eigenvalue weighted by molar-refractivity contribution is 7.99. The van der Waals surface area contributed by atoms with Crippen LogP contribution in [-0.4, -0.2) is 35.3 Å². The lowest BCUT2D eigenvalue weighted by Gasteiger charge is -2.16. The van der Waals surface area contributed by atoms with E-state index in [0.29, 0.717) is 0 Å². The van der Waals surface area contributed by atoms with E-state index in [1.54, 1.807) is 11.8 Å². The van der Waals surface area contributed by atoms with Gasteiger partial charge < -0.3 is 9.32 Å². The maximum Gasteiger partial charge on any atom is 0.256 e. The van der Waals surface area contributed by atoms with E-state index in [1.807, 2.05) is 24.3 Å². The number of rotatable bonds is 7. The minimum Gasteiger partial charge on any atom is -0.431 e. The fraction of sp³-hybridized carbons (Fsp3) is 0.500. The number of thioether (sulfide) groups is 1. The molecular weight excluding hydrogens is 244 g/mol. The first-order valence-electron chi connectivity index (χ1n) is 6.54. The molecule has 1 aromatic heterocycles. The number of aromatic nitrogens is 1. The zero-order chi connectivity index (χ0) is 12.8. The van der Waals surface area contributed by atoms with Crippen LogP contribution in [0.15, 0.2) is 33.9 Å². The third-order valence-electron chi connectivity index (χ3n) is 3.01. The van der Waals surface area contributed by atoms with Gasteiger partial charge in [-0.1, -0.05) is 37.7 Å². The molecule has 0 spiro atoms. The summed E-state index contributed by atoms with van der Waals surface area (Å²) in [6.07, 6.45) is 1.17. The predicted octanol–water partition coefficient (Wildman–Crippen LogP) is 3.65. The highest BCUT2D eigenvalue weighted by Gasteiger charge is 2.05. The van der Waals surface area contributed by atoms with Gasteiger partial charge in [-0.15, -0.1) is 0 Å². The number of hydrogen-bond donors (Lipinski definition) is 0. The van der Waals surface area contributed by atoms with Crippen molar-refractivity contribution in [2.45, 2.75) is 25.5 Å². The van der Waals surface area contributed by atoms with Gasteiger partial charge in [0.2, 0.25) is 0 Å². The molecule has 2 rings (SSSR count). The summed E-state index contributed by atoms with van der Waals surface area (Å²) < 4.78 is 5.67. The van der Waals surface area contributed by atoms with Gasteiger partial charge in [0.15, 0.2) is 5.58 Å². The minimum absolute atomic E-state index is 0.788. The standard InChI is InChI=1S/C14H20N2OS/c1-3-16(4-2)10-7-11-18-14-15-12-8-5-6-9-13(12)17-14/h5-6,8-9H,3-4,7,10-11H2,1-2H3. The van der Waals surface area contributed by atoms with E-state index in [2.05, 4.69) is 23.7 Å². The van der Waals surface area contributed by atoms with Gasteiger partial charge in [0.1, 0.15) is 5.52 Å². The van der Waals surface area contributed by atoms with E-state index in [0.717, 1.165) is 41.7 Å². The molecule has 18 heavy (non-hydrogen) atoms. The maximum absolute atomic E-state index is 5.67. The van der Waals surface area contributed by atoms with Crippen molar-refractivity contribution in [2.75, 3.05) is 25.4 Å². The Balaban J connectivity index is 1.80. The molecule has 0 saturated carbocycles. The molecule has 0 aliphatic carbocycles. The van der Waals surface area contributed by atoms with E-state index in [1.165, 1.54) is 6.42 Å². The molecule has 4 heteroatoms. The third kappa shape index (κ3) is 3.50. The van der Waals surface area contributed by atoms with Crippen molar-refractivity contribution in [3.63, 3.8) is 0 Å². The second-order valence-corrected chi connectivity index (χ2v) is 5.22. The van der Waals surface area contributed by atoms with Crippen LogP contribution in [0.4, 0.5) is 0 Å². The van der Waals surface area contributed by atoms with Crippen molar-refractivity contribution in [3.05, 3.63) is 24.3 Å². The fourth-order valence-electron chi connectivity index (χ4n) is 1.90. The number of fused-ring (bicyclic) bond motifs is 1. The van der Waals surface area contributed by atoms with Crippen molar-refractivity contribution < 1.29 is 4.42 Å². The molecule has 0 aliphatic heterocycles. The van der Waals surface area contributed by atoms with Crippen LogP contribution in [0.1, 0.15) is 20.3 Å². The van der Waals surface area contributed by atoms with Gasteiger partial charge in [0.25, 0.3) is 5.22 Å². The second-order valence-electron chi connectivity index (χ2n) is 4.18. The number of benzene rings is 1. The Morgan fingerprint density at radius 2 is 2.00 bits per heavy atom. The molecule has 0 saturated heterocycles. The van der Waals surface area contributed by atoms with Crippen LogP contribution in [0.2, 0.25) is 0 Å². The Labute approximate surface area is 113 Å². The summed E-state index contributed by atoms with van der Waals surface area (Å²) in [7, 11) is 0. The normalized spacial score (nSPS) is 11.5. The molecule has 98 valence electrons. The molecular formula is C14H20N2OS. The largest absolute Gasteiger partial charge is 0.431 e. The van der Waals surface area contributed by atoms with Crippen molar-refractivity contribution in [1.82, 2.24) is 9.88 Å². The first kappa shape index (κ1) is 13.4. The summed E-state index contributed by atoms with van der Waals surface area (Å²) in [5.41, 5.74) is 1.83. The van der Waals surface area contributed by atoms with Crippen molar-refractivity contribution in [1.29, 1.82) is 0 Å². The highest BCUT2D eigenvalue weighted by atomic mass is 32.2. The average Bonchev–Trinajstić information content (AvgIpc) is 2.81. The molecule has 0 aliphatic rings. The van der Waals surface area contributed by atoms with E-state index >= 15 is 0 Å². The van der Waals surface area contributed by atoms with Gasteiger partial charge in [0.05, 0.1) is 0 Å². The fourth-order valence-corrected chi connectivity index (χ4v) is 2.66. The SMILES string of the molecule is CCN(CC)CCCSc1nc2ccccc2o1. The second kappa shape index (κ2) is 6.81. The molecule has 0 fully saturated rings. The van der Waals surface area contributed by atoms with Crippen molar-refractivity contribution >= 4 is 22.9 Å². The molecule has 1 heterocycles. The Morgan fingerprint density at radius 3 is 2.72 bits per heavy atom. The molecule has 0 bridgehead atoms. The summed E-state index contributed by atoms with van der Waals surface area (Å²) in [6.45, 7) is 7.82. The molecule has 1 aromatic carbocycles. The Morgan fingerprint density at radius 1 is 1.22 bits per heavy atom. The van der Waals surface area contributed by atoms with Gasteiger partial charge in [-0.2, -0.15) is 0 Å². The monoisotopic (exact) mass is 264 g/mol. The Hall–Kier alpha value is -1.00. The average molecular weight is 264 g/mol. The minimum atomic E-state index is 0.788. The number of oxazole rings is 1. The highest BCUT2D eigenvalue weighted by Crippen LogP contribution is 2.23. The number of hydrogen-bond acceptors (Lipinski definition) is 4. The molecule has 0 atom stereocenters. The van der Waals surface area contributed by atoms with Crippen LogP contribution in [0, 0.1) is 0 Å². The van der Waals surface area contributed by atoms with Crippen LogP contribution in [0.3, 0.4) is 0 Å². The predicted molar refractivity (Wildman–Crippen MR) is 77.1 cm³/mol. The zero-order valence-corrected chi connectivity index (χ0v) is 11.9. The van der Waals surface area contributed by atoms with Crippen LogP contribution >= 0.6 is 11.8 Å². The van der Waals surface area contributed by atoms with Gasteiger partial charge >= 0.3 is 0 Å². The van der Waals surface area contributed by atoms with Crippen molar-refractivity contribution in [2.24, 2.45) is 0 Å². The molecule has 0 N–H and O–H groups in total. The Bertz CT molecular complexity index is 446. The topological polar surface area (TPSA) is 29.3 Å². The lowest BCUT2D eigenvalue weighted by Crippen LogP contribution is -2.24. The van der Waals surface area contributed by atoms with E-state index in [-0.39, 0.29) is 0 Å². The van der Waals surface area contributed by atoms with Gasteiger partial charge in [-0.3, -0.25) is 0 Å². The number of para-hydroxylation sites is 2. The molecule has 0 unspecified atom stereocenters. The van der Waals surface area contributed by atoms with Crippen LogP contribution < -0.4 is 0 Å². The summed E-state index contributed by atoms with van der Waals surface area (Å²) in [5.74, 6) is 1.06. The maximum atomic E-state index is 5.67. The Kier molecular flexibility index (Phi) is 5.08. The molecule has 0 radical (unpaired) electrons. The zero-order valence-electron chi connectivity index (χ0n) is 11.1. The lowest BCUT2D eigenvalue weighted by atomic mass is 10.3. The van der Waals surface area contributed by atoms with Gasteiger partial charge in [-0.05, 0) is 38.2 Å². The van der Waals surface area contributed by atoms with Gasteiger partial charge in [0, 0.05) is 5.75 Å². The van der Waals surface area contributed by atoms with Crippen LogP contribution in [0.5, 0.6) is 0 Å². The van der Waals surface area contributed by atoms with Gasteiger partial charge in [-0.25, -0.2) is 4.98 Å². The van der Waals surface area contributed by atoms with Crippen LogP contribution in [0.25, 0.3) is 11.1 Å². The summed E-state index contributed by atoms with van der Waals surface area (Å²) in [5, 5.41) is 0.788. The quantitative estimate of drug-likeness (QED) is 0.564. The lowest BCUT2D eigenvalue weighted by molar-refractivity contribution is 0.305. The summed E-state index contributed by atoms with van der Waals surface area (Å²) in [6, 6.07) is 7.91. The first-order valence-corrected chi connectivity index (χ1v) is 7.52. The number of nitrogens with zero attached hydrogens (tertiary/aromatic N) is 2. The smallest absolute Gasteiger partial charge is 0.256 e.